The number of imidazole rings is 1. The number of fused-ring (bicyclic) bond motifs is 1. The van der Waals surface area contributed by atoms with Crippen LogP contribution in [0.3, 0.4) is 0 Å². The molecule has 44 heavy (non-hydrogen) atoms. The average Bonchev–Trinajstić information content (AvgIpc) is 3.38. The molecule has 3 aliphatic rings. The molecule has 3 aromatic rings. The quantitative estimate of drug-likeness (QED) is 0.432. The van der Waals surface area contributed by atoms with E-state index < -0.39 is 12.2 Å². The number of ether oxygens (including phenoxy) is 1. The van der Waals surface area contributed by atoms with Crippen LogP contribution in [0.2, 0.25) is 10.0 Å². The molecule has 0 spiro atoms. The zero-order chi connectivity index (χ0) is 30.8. The second-order valence-electron chi connectivity index (χ2n) is 12.3. The predicted octanol–water partition coefficient (Wildman–Crippen LogP) is 4.26. The number of piperidine rings is 2. The van der Waals surface area contributed by atoms with Crippen LogP contribution in [0.15, 0.2) is 47.3 Å². The van der Waals surface area contributed by atoms with Crippen molar-refractivity contribution in [3.05, 3.63) is 68.6 Å². The molecule has 2 aromatic carbocycles. The number of nitrogens with one attached hydrogen (secondary N) is 1. The number of para-hydroxylation sites is 2. The number of likely N-dealkylation sites (N-methyl/N-ethyl adjacent to an activating group) is 1. The summed E-state index contributed by atoms with van der Waals surface area (Å²) < 4.78 is 7.78. The molecule has 0 bridgehead atoms. The maximum atomic E-state index is 13.9. The number of rotatable bonds is 6. The Labute approximate surface area is 267 Å². The molecule has 3 saturated heterocycles. The van der Waals surface area contributed by atoms with Crippen LogP contribution in [0.4, 0.5) is 4.79 Å². The Hall–Kier alpha value is -3.05. The van der Waals surface area contributed by atoms with Crippen molar-refractivity contribution < 1.29 is 14.3 Å². The highest BCUT2D eigenvalue weighted by atomic mass is 35.5. The van der Waals surface area contributed by atoms with Gasteiger partial charge >= 0.3 is 11.8 Å². The number of halogens is 2. The standard InChI is InChI=1S/C32H40Cl2N6O4/c1-36-16-18-37(19-17-36)23-8-12-38(13-9-23)30(41)29(21-22-6-7-25(33)26(34)20-22)44-32(43)39-14-10-24(11-15-39)40-28-5-3-2-4-27(28)35-31(40)42/h2-7,20,23-24,29H,8-19,21H2,1H3,(H,35,42). The first-order valence-corrected chi connectivity index (χ1v) is 16.3. The number of amides is 2. The van der Waals surface area contributed by atoms with Gasteiger partial charge in [-0.15, -0.1) is 0 Å². The van der Waals surface area contributed by atoms with Crippen molar-refractivity contribution in [2.45, 2.75) is 50.3 Å². The molecule has 0 radical (unpaired) electrons. The van der Waals surface area contributed by atoms with Gasteiger partial charge in [-0.25, -0.2) is 9.59 Å². The topological polar surface area (TPSA) is 94.1 Å². The zero-order valence-electron chi connectivity index (χ0n) is 25.1. The smallest absolute Gasteiger partial charge is 0.410 e. The van der Waals surface area contributed by atoms with E-state index >= 15 is 0 Å². The lowest BCUT2D eigenvalue weighted by molar-refractivity contribution is -0.142. The summed E-state index contributed by atoms with van der Waals surface area (Å²) in [6.45, 7) is 6.37. The van der Waals surface area contributed by atoms with Crippen molar-refractivity contribution >= 4 is 46.2 Å². The molecule has 4 heterocycles. The van der Waals surface area contributed by atoms with E-state index in [-0.39, 0.29) is 24.1 Å². The highest BCUT2D eigenvalue weighted by Gasteiger charge is 2.35. The van der Waals surface area contributed by atoms with Gasteiger partial charge in [0.05, 0.1) is 21.1 Å². The van der Waals surface area contributed by atoms with Crippen molar-refractivity contribution in [2.24, 2.45) is 0 Å². The normalized spacial score (nSPS) is 20.2. The van der Waals surface area contributed by atoms with Crippen LogP contribution in [0.5, 0.6) is 0 Å². The number of nitrogens with zero attached hydrogens (tertiary/aromatic N) is 5. The summed E-state index contributed by atoms with van der Waals surface area (Å²) in [5.41, 5.74) is 2.30. The Morgan fingerprint density at radius 3 is 2.23 bits per heavy atom. The summed E-state index contributed by atoms with van der Waals surface area (Å²) in [4.78, 5) is 51.3. The molecule has 0 aliphatic carbocycles. The van der Waals surface area contributed by atoms with E-state index in [1.807, 2.05) is 35.2 Å². The minimum absolute atomic E-state index is 0.0297. The minimum atomic E-state index is -0.978. The summed E-state index contributed by atoms with van der Waals surface area (Å²) in [6, 6.07) is 13.3. The summed E-state index contributed by atoms with van der Waals surface area (Å²) in [5, 5.41) is 0.822. The van der Waals surface area contributed by atoms with Crippen LogP contribution in [0.1, 0.15) is 37.3 Å². The molecule has 2 amide bonds. The monoisotopic (exact) mass is 642 g/mol. The van der Waals surface area contributed by atoms with E-state index in [0.29, 0.717) is 55.1 Å². The van der Waals surface area contributed by atoms with E-state index in [2.05, 4.69) is 21.8 Å². The van der Waals surface area contributed by atoms with Gasteiger partial charge in [-0.2, -0.15) is 0 Å². The van der Waals surface area contributed by atoms with Crippen LogP contribution >= 0.6 is 23.2 Å². The lowest BCUT2D eigenvalue weighted by atomic mass is 10.0. The SMILES string of the molecule is CN1CCN(C2CCN(C(=O)C(Cc3ccc(Cl)c(Cl)c3)OC(=O)N3CCC(n4c(=O)[nH]c5ccccc54)CC3)CC2)CC1. The fourth-order valence-electron chi connectivity index (χ4n) is 6.84. The van der Waals surface area contributed by atoms with Crippen LogP contribution in [0, 0.1) is 0 Å². The minimum Gasteiger partial charge on any atom is -0.436 e. The molecule has 6 rings (SSSR count). The molecule has 3 aliphatic heterocycles. The third-order valence-corrected chi connectivity index (χ3v) is 10.2. The molecule has 1 N–H and O–H groups in total. The van der Waals surface area contributed by atoms with Crippen LogP contribution in [0.25, 0.3) is 11.0 Å². The Balaban J connectivity index is 1.10. The van der Waals surface area contributed by atoms with Gasteiger partial charge in [0, 0.05) is 70.9 Å². The highest BCUT2D eigenvalue weighted by Crippen LogP contribution is 2.27. The molecule has 1 atom stereocenters. The Bertz CT molecular complexity index is 1530. The first kappa shape index (κ1) is 31.0. The molecule has 236 valence electrons. The largest absolute Gasteiger partial charge is 0.436 e. The number of likely N-dealkylation sites (tertiary alicyclic amines) is 2. The number of aromatic amines is 1. The average molecular weight is 644 g/mol. The Morgan fingerprint density at radius 2 is 1.52 bits per heavy atom. The second-order valence-corrected chi connectivity index (χ2v) is 13.1. The lowest BCUT2D eigenvalue weighted by Crippen LogP contribution is -2.54. The van der Waals surface area contributed by atoms with E-state index in [0.717, 1.165) is 55.6 Å². The number of benzene rings is 2. The Kier molecular flexibility index (Phi) is 9.51. The summed E-state index contributed by atoms with van der Waals surface area (Å²) in [7, 11) is 2.15. The maximum absolute atomic E-state index is 13.9. The van der Waals surface area contributed by atoms with E-state index in [1.165, 1.54) is 0 Å². The number of H-pyrrole nitrogens is 1. The fraction of sp³-hybridized carbons (Fsp3) is 0.531. The molecule has 3 fully saturated rings. The Morgan fingerprint density at radius 1 is 0.864 bits per heavy atom. The lowest BCUT2D eigenvalue weighted by Gasteiger charge is -2.42. The molecular formula is C32H40Cl2N6O4. The number of carbonyl (C=O) groups is 2. The van der Waals surface area contributed by atoms with Crippen molar-refractivity contribution in [1.82, 2.24) is 29.2 Å². The molecule has 0 saturated carbocycles. The van der Waals surface area contributed by atoms with Crippen molar-refractivity contribution in [1.29, 1.82) is 0 Å². The molecule has 10 nitrogen and oxygen atoms in total. The molecular weight excluding hydrogens is 603 g/mol. The van der Waals surface area contributed by atoms with Gasteiger partial charge in [0.1, 0.15) is 0 Å². The van der Waals surface area contributed by atoms with Gasteiger partial charge < -0.3 is 24.4 Å². The number of aromatic nitrogens is 2. The predicted molar refractivity (Wildman–Crippen MR) is 172 cm³/mol. The van der Waals surface area contributed by atoms with Crippen molar-refractivity contribution in [2.75, 3.05) is 59.4 Å². The summed E-state index contributed by atoms with van der Waals surface area (Å²) in [6.07, 6.45) is 1.76. The van der Waals surface area contributed by atoms with Crippen LogP contribution < -0.4 is 5.69 Å². The maximum Gasteiger partial charge on any atom is 0.410 e. The van der Waals surface area contributed by atoms with Gasteiger partial charge in [-0.05, 0) is 62.6 Å². The molecule has 1 unspecified atom stereocenters. The van der Waals surface area contributed by atoms with Gasteiger partial charge in [0.2, 0.25) is 0 Å². The number of hydrogen-bond donors (Lipinski definition) is 1. The third-order valence-electron chi connectivity index (χ3n) is 9.47. The van der Waals surface area contributed by atoms with Gasteiger partial charge in [-0.3, -0.25) is 14.3 Å². The first-order valence-electron chi connectivity index (χ1n) is 15.6. The number of piperazine rings is 1. The van der Waals surface area contributed by atoms with Gasteiger partial charge in [0.15, 0.2) is 6.10 Å². The summed E-state index contributed by atoms with van der Waals surface area (Å²) >= 11 is 12.4. The fourth-order valence-corrected chi connectivity index (χ4v) is 7.16. The summed E-state index contributed by atoms with van der Waals surface area (Å²) in [5.74, 6) is -0.179. The van der Waals surface area contributed by atoms with Crippen LogP contribution in [-0.4, -0.2) is 113 Å². The van der Waals surface area contributed by atoms with Gasteiger partial charge in [0.25, 0.3) is 5.91 Å². The third kappa shape index (κ3) is 6.78. The van der Waals surface area contributed by atoms with Crippen molar-refractivity contribution in [3.63, 3.8) is 0 Å². The molecule has 1 aromatic heterocycles. The number of hydrogen-bond acceptors (Lipinski definition) is 6. The van der Waals surface area contributed by atoms with Gasteiger partial charge in [-0.1, -0.05) is 41.4 Å². The van der Waals surface area contributed by atoms with Crippen LogP contribution in [-0.2, 0) is 16.0 Å². The molecule has 12 heteroatoms. The number of carbonyl (C=O) groups excluding carboxylic acids is 2. The van der Waals surface area contributed by atoms with E-state index in [9.17, 15) is 14.4 Å². The second kappa shape index (κ2) is 13.5. The zero-order valence-corrected chi connectivity index (χ0v) is 26.6. The first-order chi connectivity index (χ1) is 21.3. The highest BCUT2D eigenvalue weighted by molar-refractivity contribution is 6.42. The van der Waals surface area contributed by atoms with E-state index in [4.69, 9.17) is 27.9 Å². The van der Waals surface area contributed by atoms with Crippen molar-refractivity contribution in [3.8, 4) is 0 Å². The van der Waals surface area contributed by atoms with E-state index in [1.54, 1.807) is 21.6 Å².